The Balaban J connectivity index is 1.75. The minimum absolute atomic E-state index is 0.0673. The van der Waals surface area contributed by atoms with Crippen molar-refractivity contribution in [3.63, 3.8) is 0 Å². The van der Waals surface area contributed by atoms with E-state index in [2.05, 4.69) is 10.3 Å². The first-order valence-electron chi connectivity index (χ1n) is 10.2. The average molecular weight is 426 g/mol. The van der Waals surface area contributed by atoms with Crippen molar-refractivity contribution in [3.8, 4) is 0 Å². The second-order valence-electron chi connectivity index (χ2n) is 8.62. The molecule has 2 aromatic rings. The summed E-state index contributed by atoms with van der Waals surface area (Å²) in [6, 6.07) is 11.1. The molecule has 6 nitrogen and oxygen atoms in total. The van der Waals surface area contributed by atoms with Crippen LogP contribution in [-0.2, 0) is 20.7 Å². The van der Waals surface area contributed by atoms with E-state index in [1.807, 2.05) is 65.0 Å². The summed E-state index contributed by atoms with van der Waals surface area (Å²) in [5.41, 5.74) is 1.40. The molecule has 1 aromatic heterocycles. The van der Waals surface area contributed by atoms with Crippen LogP contribution in [-0.4, -0.2) is 35.9 Å². The Kier molecular flexibility index (Phi) is 6.82. The van der Waals surface area contributed by atoms with Crippen LogP contribution in [0, 0.1) is 12.9 Å². The number of aromatic nitrogens is 1. The minimum atomic E-state index is -0.751. The molecule has 1 aliphatic heterocycles. The molecule has 1 saturated heterocycles. The number of hydrogen-bond acceptors (Lipinski definition) is 5. The number of rotatable bonds is 6. The molecule has 1 amide bonds. The second-order valence-corrected chi connectivity index (χ2v) is 8.62. The molecule has 0 spiro atoms. The van der Waals surface area contributed by atoms with Crippen LogP contribution in [0.1, 0.15) is 44.4 Å². The van der Waals surface area contributed by atoms with Crippen LogP contribution >= 0.6 is 0 Å². The van der Waals surface area contributed by atoms with Gasteiger partial charge in [0.2, 0.25) is 5.95 Å². The molecule has 31 heavy (non-hydrogen) atoms. The number of pyridine rings is 1. The average Bonchev–Trinajstić information content (AvgIpc) is 2.94. The third-order valence-electron chi connectivity index (χ3n) is 5.55. The predicted molar refractivity (Wildman–Crippen MR) is 118 cm³/mol. The zero-order valence-corrected chi connectivity index (χ0v) is 18.6. The maximum absolute atomic E-state index is 14.3. The van der Waals surface area contributed by atoms with Crippen molar-refractivity contribution < 1.29 is 23.2 Å². The molecule has 164 valence electrons. The fraction of sp³-hybridized carbons (Fsp3) is 0.391. The molecule has 1 aliphatic rings. The van der Waals surface area contributed by atoms with E-state index in [0.717, 1.165) is 11.1 Å². The molecule has 0 unspecified atom stereocenters. The van der Waals surface area contributed by atoms with E-state index in [9.17, 15) is 9.18 Å². The van der Waals surface area contributed by atoms with Gasteiger partial charge >= 0.3 is 13.2 Å². The van der Waals surface area contributed by atoms with Gasteiger partial charge in [-0.1, -0.05) is 36.4 Å². The molecular weight excluding hydrogens is 398 g/mol. The van der Waals surface area contributed by atoms with Crippen molar-refractivity contribution in [1.82, 2.24) is 10.3 Å². The van der Waals surface area contributed by atoms with E-state index < -0.39 is 30.4 Å². The summed E-state index contributed by atoms with van der Waals surface area (Å²) in [7, 11) is -0.751. The number of benzene rings is 1. The third kappa shape index (κ3) is 5.71. The van der Waals surface area contributed by atoms with Crippen LogP contribution in [0.15, 0.2) is 48.1 Å². The summed E-state index contributed by atoms with van der Waals surface area (Å²) in [6.07, 6.45) is 2.48. The Bertz CT molecular complexity index is 947. The summed E-state index contributed by atoms with van der Waals surface area (Å²) < 4.78 is 31.8. The fourth-order valence-corrected chi connectivity index (χ4v) is 3.02. The first-order valence-corrected chi connectivity index (χ1v) is 10.2. The first kappa shape index (κ1) is 23.0. The Morgan fingerprint density at radius 2 is 1.84 bits per heavy atom. The van der Waals surface area contributed by atoms with Gasteiger partial charge in [0.05, 0.1) is 11.2 Å². The van der Waals surface area contributed by atoms with Gasteiger partial charge < -0.3 is 19.4 Å². The van der Waals surface area contributed by atoms with E-state index in [1.165, 1.54) is 6.20 Å². The number of hydrogen-bond donors (Lipinski definition) is 1. The normalized spacial score (nSPS) is 17.5. The molecule has 0 saturated carbocycles. The molecule has 3 rings (SSSR count). The molecule has 8 heteroatoms. The summed E-state index contributed by atoms with van der Waals surface area (Å²) in [4.78, 5) is 16.0. The number of amides is 1. The summed E-state index contributed by atoms with van der Waals surface area (Å²) in [5, 5.41) is 2.71. The van der Waals surface area contributed by atoms with Crippen LogP contribution in [0.3, 0.4) is 0 Å². The zero-order chi connectivity index (χ0) is 22.6. The molecule has 0 bridgehead atoms. The topological polar surface area (TPSA) is 69.7 Å². The quantitative estimate of drug-likeness (QED) is 0.545. The van der Waals surface area contributed by atoms with Crippen molar-refractivity contribution >= 4 is 19.3 Å². The van der Waals surface area contributed by atoms with Crippen molar-refractivity contribution in [1.29, 1.82) is 0 Å². The highest BCUT2D eigenvalue weighted by atomic mass is 19.1. The first-order chi connectivity index (χ1) is 14.6. The molecular formula is C23H28BFN2O4. The van der Waals surface area contributed by atoms with E-state index in [-0.39, 0.29) is 13.2 Å². The number of ether oxygens (including phenoxy) is 1. The van der Waals surface area contributed by atoms with Gasteiger partial charge in [-0.15, -0.1) is 0 Å². The smallest absolute Gasteiger partial charge is 0.445 e. The standard InChI is InChI=1S/C23H28BFN2O4/c1-16-11-18(20(25)26-13-16)12-19(24-30-22(2,3)23(4,5)31-24)14-27-21(28)29-15-17-9-7-6-8-10-17/h6-13H,14-15H2,1-5H3,(H,27,28). The van der Waals surface area contributed by atoms with Gasteiger partial charge in [0.1, 0.15) is 6.61 Å². The van der Waals surface area contributed by atoms with Crippen molar-refractivity contribution in [2.75, 3.05) is 6.54 Å². The lowest BCUT2D eigenvalue weighted by Crippen LogP contribution is -2.41. The molecule has 1 fully saturated rings. The van der Waals surface area contributed by atoms with Gasteiger partial charge in [-0.3, -0.25) is 0 Å². The molecule has 1 aromatic carbocycles. The number of carbonyl (C=O) groups is 1. The van der Waals surface area contributed by atoms with Crippen molar-refractivity contribution in [3.05, 3.63) is 70.7 Å². The maximum Gasteiger partial charge on any atom is 0.492 e. The Morgan fingerprint density at radius 3 is 2.48 bits per heavy atom. The molecule has 2 heterocycles. The van der Waals surface area contributed by atoms with Crippen molar-refractivity contribution in [2.24, 2.45) is 0 Å². The van der Waals surface area contributed by atoms with E-state index in [4.69, 9.17) is 14.0 Å². The van der Waals surface area contributed by atoms with Crippen LogP contribution in [0.2, 0.25) is 0 Å². The summed E-state index contributed by atoms with van der Waals surface area (Å²) >= 11 is 0. The molecule has 1 N–H and O–H groups in total. The Labute approximate surface area is 183 Å². The van der Waals surface area contributed by atoms with E-state index in [1.54, 1.807) is 12.1 Å². The molecule has 0 atom stereocenters. The molecule has 0 aliphatic carbocycles. The summed E-state index contributed by atoms with van der Waals surface area (Å²) in [6.45, 7) is 9.78. The van der Waals surface area contributed by atoms with Crippen LogP contribution in [0.25, 0.3) is 6.08 Å². The molecule has 0 radical (unpaired) electrons. The summed E-state index contributed by atoms with van der Waals surface area (Å²) in [5.74, 6) is -0.605. The lowest BCUT2D eigenvalue weighted by Gasteiger charge is -2.32. The minimum Gasteiger partial charge on any atom is -0.445 e. The highest BCUT2D eigenvalue weighted by Crippen LogP contribution is 2.38. The van der Waals surface area contributed by atoms with E-state index in [0.29, 0.717) is 11.0 Å². The van der Waals surface area contributed by atoms with Crippen LogP contribution in [0.5, 0.6) is 0 Å². The highest BCUT2D eigenvalue weighted by molar-refractivity contribution is 6.56. The largest absolute Gasteiger partial charge is 0.492 e. The SMILES string of the molecule is Cc1cnc(F)c(C=C(CNC(=O)OCc2ccccc2)B2OC(C)(C)C(C)(C)O2)c1. The number of aryl methyl sites for hydroxylation is 1. The van der Waals surface area contributed by atoms with Crippen molar-refractivity contribution in [2.45, 2.75) is 52.4 Å². The maximum atomic E-state index is 14.3. The Hall–Kier alpha value is -2.71. The van der Waals surface area contributed by atoms with Gasteiger partial charge in [-0.05, 0) is 57.3 Å². The van der Waals surface area contributed by atoms with Gasteiger partial charge in [0.15, 0.2) is 0 Å². The Morgan fingerprint density at radius 1 is 1.19 bits per heavy atom. The number of nitrogens with zero attached hydrogens (tertiary/aromatic N) is 1. The van der Waals surface area contributed by atoms with Gasteiger partial charge in [0, 0.05) is 18.3 Å². The fourth-order valence-electron chi connectivity index (χ4n) is 3.02. The van der Waals surface area contributed by atoms with E-state index >= 15 is 0 Å². The van der Waals surface area contributed by atoms with Gasteiger partial charge in [-0.25, -0.2) is 9.78 Å². The van der Waals surface area contributed by atoms with Crippen LogP contribution in [0.4, 0.5) is 9.18 Å². The number of alkyl carbamates (subject to hydrolysis) is 1. The highest BCUT2D eigenvalue weighted by Gasteiger charge is 2.52. The van der Waals surface area contributed by atoms with Gasteiger partial charge in [-0.2, -0.15) is 4.39 Å². The monoisotopic (exact) mass is 426 g/mol. The van der Waals surface area contributed by atoms with Crippen LogP contribution < -0.4 is 5.32 Å². The lowest BCUT2D eigenvalue weighted by atomic mass is 9.77. The third-order valence-corrected chi connectivity index (χ3v) is 5.55. The second kappa shape index (κ2) is 9.20. The predicted octanol–water partition coefficient (Wildman–Crippen LogP) is 4.47. The zero-order valence-electron chi connectivity index (χ0n) is 18.6. The van der Waals surface area contributed by atoms with Gasteiger partial charge in [0.25, 0.3) is 0 Å². The lowest BCUT2D eigenvalue weighted by molar-refractivity contribution is 0.00578. The number of halogens is 1. The number of nitrogens with one attached hydrogen (secondary N) is 1. The number of carbonyl (C=O) groups excluding carboxylic acids is 1.